The Morgan fingerprint density at radius 3 is 1.67 bits per heavy atom. The molecule has 0 saturated carbocycles. The van der Waals surface area contributed by atoms with Gasteiger partial charge in [0.15, 0.2) is 0 Å². The molecule has 3 heteroatoms. The third-order valence-electron chi connectivity index (χ3n) is 5.70. The Hall–Kier alpha value is -3.20. The predicted molar refractivity (Wildman–Crippen MR) is 164 cm³/mol. The van der Waals surface area contributed by atoms with Gasteiger partial charge in [-0.3, -0.25) is 0 Å². The number of hydrogen-bond acceptors (Lipinski definition) is 3. The summed E-state index contributed by atoms with van der Waals surface area (Å²) in [5, 5.41) is 7.00. The van der Waals surface area contributed by atoms with Gasteiger partial charge in [-0.1, -0.05) is 85.9 Å². The standard InChI is InChI=1S/C31H43N3.C2H6/c1-11-29(23(4)32-27-16-18-28(19-17-27)34(9)10)30(20-21-31(6,7)8)24(5)33-26-14-12-25(13-15-26)22(2)3;1-2/h11-20,22,32-33H,4-5,21H2,1-3,6-10H3;1-2H3/b29-11-,30-20-;. The van der Waals surface area contributed by atoms with Crippen molar-refractivity contribution in [2.45, 2.75) is 67.7 Å². The minimum absolute atomic E-state index is 0.167. The van der Waals surface area contributed by atoms with Gasteiger partial charge in [0.1, 0.15) is 0 Å². The molecule has 0 atom stereocenters. The summed E-state index contributed by atoms with van der Waals surface area (Å²) in [6.45, 7) is 26.0. The second kappa shape index (κ2) is 14.4. The van der Waals surface area contributed by atoms with E-state index in [-0.39, 0.29) is 5.41 Å². The van der Waals surface area contributed by atoms with Gasteiger partial charge in [0.2, 0.25) is 0 Å². The number of allylic oxidation sites excluding steroid dienone is 4. The maximum absolute atomic E-state index is 4.40. The average Bonchev–Trinajstić information content (AvgIpc) is 2.82. The van der Waals surface area contributed by atoms with Crippen LogP contribution in [0.1, 0.15) is 73.3 Å². The van der Waals surface area contributed by atoms with Crippen LogP contribution in [0.4, 0.5) is 17.1 Å². The molecule has 3 nitrogen and oxygen atoms in total. The molecular formula is C33H49N3. The van der Waals surface area contributed by atoms with Crippen molar-refractivity contribution >= 4 is 17.1 Å². The van der Waals surface area contributed by atoms with Crippen molar-refractivity contribution in [2.75, 3.05) is 29.6 Å². The van der Waals surface area contributed by atoms with E-state index in [1.165, 1.54) is 5.56 Å². The largest absolute Gasteiger partial charge is 0.378 e. The SMILES string of the molecule is C=C(Nc1ccc(C(C)C)cc1)C(=C/CC(C)(C)C)/C(=C\C)C(=C)Nc1ccc(N(C)C)cc1.CC. The van der Waals surface area contributed by atoms with Crippen LogP contribution in [0.5, 0.6) is 0 Å². The summed E-state index contributed by atoms with van der Waals surface area (Å²) in [7, 11) is 4.08. The zero-order chi connectivity index (χ0) is 27.5. The van der Waals surface area contributed by atoms with Gasteiger partial charge < -0.3 is 15.5 Å². The highest BCUT2D eigenvalue weighted by Gasteiger charge is 2.16. The number of rotatable bonds is 10. The summed E-state index contributed by atoms with van der Waals surface area (Å²) < 4.78 is 0. The second-order valence-electron chi connectivity index (χ2n) is 10.5. The van der Waals surface area contributed by atoms with Crippen molar-refractivity contribution in [1.29, 1.82) is 0 Å². The van der Waals surface area contributed by atoms with E-state index >= 15 is 0 Å². The second-order valence-corrected chi connectivity index (χ2v) is 10.5. The highest BCUT2D eigenvalue weighted by Crippen LogP contribution is 2.30. The molecule has 0 bridgehead atoms. The molecule has 196 valence electrons. The Kier molecular flexibility index (Phi) is 12.3. The zero-order valence-corrected chi connectivity index (χ0v) is 24.4. The van der Waals surface area contributed by atoms with E-state index in [0.29, 0.717) is 5.92 Å². The number of nitrogens with zero attached hydrogens (tertiary/aromatic N) is 1. The zero-order valence-electron chi connectivity index (χ0n) is 24.4. The van der Waals surface area contributed by atoms with Crippen molar-refractivity contribution in [2.24, 2.45) is 5.41 Å². The molecule has 0 saturated heterocycles. The molecule has 2 aromatic rings. The monoisotopic (exact) mass is 487 g/mol. The number of nitrogens with one attached hydrogen (secondary N) is 2. The first-order chi connectivity index (χ1) is 16.9. The summed E-state index contributed by atoms with van der Waals surface area (Å²) in [5.41, 5.74) is 8.50. The first kappa shape index (κ1) is 30.8. The molecule has 2 rings (SSSR count). The third-order valence-corrected chi connectivity index (χ3v) is 5.70. The summed E-state index contributed by atoms with van der Waals surface area (Å²) >= 11 is 0. The molecule has 0 aromatic heterocycles. The van der Waals surface area contributed by atoms with Gasteiger partial charge in [0.25, 0.3) is 0 Å². The van der Waals surface area contributed by atoms with Crippen LogP contribution in [-0.4, -0.2) is 14.1 Å². The Morgan fingerprint density at radius 1 is 0.833 bits per heavy atom. The van der Waals surface area contributed by atoms with E-state index in [9.17, 15) is 0 Å². The first-order valence-electron chi connectivity index (χ1n) is 13.1. The summed E-state index contributed by atoms with van der Waals surface area (Å²) in [5.74, 6) is 0.510. The molecular weight excluding hydrogens is 438 g/mol. The van der Waals surface area contributed by atoms with E-state index in [4.69, 9.17) is 0 Å². The predicted octanol–water partition coefficient (Wildman–Crippen LogP) is 9.76. The average molecular weight is 488 g/mol. The minimum Gasteiger partial charge on any atom is -0.378 e. The molecule has 0 fully saturated rings. The van der Waals surface area contributed by atoms with Crippen LogP contribution < -0.4 is 15.5 Å². The lowest BCUT2D eigenvalue weighted by Gasteiger charge is -2.22. The Morgan fingerprint density at radius 2 is 1.28 bits per heavy atom. The fraction of sp³-hybridized carbons (Fsp3) is 0.394. The lowest BCUT2D eigenvalue weighted by molar-refractivity contribution is 0.420. The van der Waals surface area contributed by atoms with Gasteiger partial charge >= 0.3 is 0 Å². The van der Waals surface area contributed by atoms with E-state index < -0.39 is 0 Å². The van der Waals surface area contributed by atoms with Crippen LogP contribution in [-0.2, 0) is 0 Å². The molecule has 2 N–H and O–H groups in total. The Labute approximate surface area is 221 Å². The molecule has 0 amide bonds. The quantitative estimate of drug-likeness (QED) is 0.327. The molecule has 0 aliphatic carbocycles. The van der Waals surface area contributed by atoms with Gasteiger partial charge in [-0.05, 0) is 66.6 Å². The molecule has 0 aliphatic heterocycles. The van der Waals surface area contributed by atoms with E-state index in [1.54, 1.807) is 0 Å². The molecule has 0 unspecified atom stereocenters. The van der Waals surface area contributed by atoms with Crippen molar-refractivity contribution in [1.82, 2.24) is 0 Å². The van der Waals surface area contributed by atoms with Crippen LogP contribution in [0.2, 0.25) is 0 Å². The van der Waals surface area contributed by atoms with Crippen molar-refractivity contribution < 1.29 is 0 Å². The minimum atomic E-state index is 0.167. The van der Waals surface area contributed by atoms with Crippen LogP contribution in [0.3, 0.4) is 0 Å². The summed E-state index contributed by atoms with van der Waals surface area (Å²) in [6, 6.07) is 16.9. The highest BCUT2D eigenvalue weighted by molar-refractivity contribution is 5.66. The molecule has 0 heterocycles. The lowest BCUT2D eigenvalue weighted by atomic mass is 9.89. The molecule has 2 aromatic carbocycles. The van der Waals surface area contributed by atoms with E-state index in [2.05, 4.69) is 124 Å². The summed E-state index contributed by atoms with van der Waals surface area (Å²) in [4.78, 5) is 2.09. The van der Waals surface area contributed by atoms with Crippen LogP contribution in [0.25, 0.3) is 0 Å². The van der Waals surface area contributed by atoms with Gasteiger partial charge in [-0.2, -0.15) is 0 Å². The Balaban J connectivity index is 0.00000316. The molecule has 0 aliphatic rings. The maximum Gasteiger partial charge on any atom is 0.0388 e. The third kappa shape index (κ3) is 9.81. The van der Waals surface area contributed by atoms with Gasteiger partial charge in [-0.25, -0.2) is 0 Å². The highest BCUT2D eigenvalue weighted by atomic mass is 15.1. The smallest absolute Gasteiger partial charge is 0.0388 e. The lowest BCUT2D eigenvalue weighted by Crippen LogP contribution is -2.11. The molecule has 36 heavy (non-hydrogen) atoms. The van der Waals surface area contributed by atoms with Crippen molar-refractivity contribution in [3.05, 3.63) is 102 Å². The van der Waals surface area contributed by atoms with E-state index in [0.717, 1.165) is 46.0 Å². The number of benzene rings is 2. The van der Waals surface area contributed by atoms with Crippen molar-refractivity contribution in [3.8, 4) is 0 Å². The van der Waals surface area contributed by atoms with Crippen LogP contribution >= 0.6 is 0 Å². The number of hydrogen-bond donors (Lipinski definition) is 2. The van der Waals surface area contributed by atoms with Crippen LogP contribution in [0.15, 0.2) is 96.4 Å². The van der Waals surface area contributed by atoms with Gasteiger partial charge in [0.05, 0.1) is 0 Å². The maximum atomic E-state index is 4.40. The molecule has 0 radical (unpaired) electrons. The molecule has 0 spiro atoms. The topological polar surface area (TPSA) is 27.3 Å². The van der Waals surface area contributed by atoms with Gasteiger partial charge in [0, 0.05) is 53.7 Å². The first-order valence-corrected chi connectivity index (χ1v) is 13.1. The van der Waals surface area contributed by atoms with Gasteiger partial charge in [-0.15, -0.1) is 0 Å². The summed E-state index contributed by atoms with van der Waals surface area (Å²) in [6.07, 6.45) is 5.30. The van der Waals surface area contributed by atoms with Crippen LogP contribution in [0, 0.1) is 5.41 Å². The van der Waals surface area contributed by atoms with Crippen molar-refractivity contribution in [3.63, 3.8) is 0 Å². The van der Waals surface area contributed by atoms with E-state index in [1.807, 2.05) is 34.9 Å². The normalized spacial score (nSPS) is 12.0. The fourth-order valence-electron chi connectivity index (χ4n) is 3.57. The Bertz CT molecular complexity index is 1030. The fourth-order valence-corrected chi connectivity index (χ4v) is 3.57. The number of anilines is 3.